The summed E-state index contributed by atoms with van der Waals surface area (Å²) in [7, 11) is 0. The quantitative estimate of drug-likeness (QED) is 0.522. The summed E-state index contributed by atoms with van der Waals surface area (Å²) in [5.41, 5.74) is 6.83. The molecule has 1 rings (SSSR count). The van der Waals surface area contributed by atoms with Crippen molar-refractivity contribution in [1.29, 1.82) is 0 Å². The lowest BCUT2D eigenvalue weighted by molar-refractivity contribution is 0.455. The van der Waals surface area contributed by atoms with Gasteiger partial charge < -0.3 is 10.8 Å². The van der Waals surface area contributed by atoms with Crippen molar-refractivity contribution >= 4 is 57.6 Å². The Hall–Kier alpha value is 0.470. The van der Waals surface area contributed by atoms with E-state index in [0.717, 1.165) is 25.5 Å². The van der Waals surface area contributed by atoms with E-state index < -0.39 is 0 Å². The monoisotopic (exact) mass is 465 g/mol. The van der Waals surface area contributed by atoms with Crippen molar-refractivity contribution in [3.63, 3.8) is 0 Å². The molecule has 0 aliphatic rings. The summed E-state index contributed by atoms with van der Waals surface area (Å²) < 4.78 is 1.95. The molecule has 16 heavy (non-hydrogen) atoms. The predicted octanol–water partition coefficient (Wildman–Crippen LogP) is 3.99. The van der Waals surface area contributed by atoms with Gasteiger partial charge in [0.05, 0.1) is 3.57 Å². The number of halogens is 3. The number of hydrogen-bond donors (Lipinski definition) is 2. The van der Waals surface area contributed by atoms with E-state index in [0.29, 0.717) is 5.75 Å². The first-order chi connectivity index (χ1) is 7.06. The van der Waals surface area contributed by atoms with Gasteiger partial charge in [-0.05, 0) is 70.2 Å². The molecule has 90 valence electrons. The van der Waals surface area contributed by atoms with Crippen LogP contribution >= 0.6 is 57.6 Å². The molecule has 0 aliphatic carbocycles. The Morgan fingerprint density at radius 1 is 1.44 bits per heavy atom. The van der Waals surface area contributed by atoms with Gasteiger partial charge in [-0.25, -0.2) is 0 Å². The number of nitrogens with two attached hydrogens (primary N) is 1. The van der Waals surface area contributed by atoms with E-state index in [1.54, 1.807) is 0 Å². The molecule has 3 N–H and O–H groups in total. The van der Waals surface area contributed by atoms with E-state index in [1.165, 1.54) is 0 Å². The molecule has 0 aromatic heterocycles. The van der Waals surface area contributed by atoms with Crippen molar-refractivity contribution in [2.24, 2.45) is 5.73 Å². The maximum Gasteiger partial charge on any atom is 0.133 e. The van der Waals surface area contributed by atoms with Gasteiger partial charge in [0.1, 0.15) is 5.75 Å². The molecule has 5 heteroatoms. The van der Waals surface area contributed by atoms with Crippen LogP contribution in [0.1, 0.15) is 24.4 Å². The lowest BCUT2D eigenvalue weighted by Crippen LogP contribution is -2.10. The van der Waals surface area contributed by atoms with Gasteiger partial charge in [0.2, 0.25) is 0 Å². The van der Waals surface area contributed by atoms with Crippen LogP contribution in [-0.4, -0.2) is 5.11 Å². The lowest BCUT2D eigenvalue weighted by atomic mass is 10.0. The standard InChI is InChI=1S/C11H13I2NO.ClH/c1-2-3-4-10(14)8-5-7(12)6-9(13)11(8)15;/h2,5-6,10,15H,1,3-4,14H2;1H/t10-;/m1./s1. The van der Waals surface area contributed by atoms with E-state index in [1.807, 2.05) is 18.2 Å². The molecular weight excluding hydrogens is 451 g/mol. The molecule has 1 aromatic rings. The van der Waals surface area contributed by atoms with Crippen LogP contribution < -0.4 is 5.73 Å². The molecule has 0 saturated carbocycles. The zero-order valence-corrected chi connectivity index (χ0v) is 13.8. The third-order valence-electron chi connectivity index (χ3n) is 2.14. The number of phenols is 1. The Balaban J connectivity index is 0.00000225. The highest BCUT2D eigenvalue weighted by Crippen LogP contribution is 2.32. The van der Waals surface area contributed by atoms with E-state index in [-0.39, 0.29) is 18.4 Å². The molecule has 2 nitrogen and oxygen atoms in total. The van der Waals surface area contributed by atoms with Gasteiger partial charge in [-0.2, -0.15) is 0 Å². The van der Waals surface area contributed by atoms with Crippen molar-refractivity contribution < 1.29 is 5.11 Å². The summed E-state index contributed by atoms with van der Waals surface area (Å²) in [6.45, 7) is 3.66. The van der Waals surface area contributed by atoms with Crippen molar-refractivity contribution in [3.8, 4) is 5.75 Å². The summed E-state index contributed by atoms with van der Waals surface area (Å²) in [4.78, 5) is 0. The van der Waals surface area contributed by atoms with Crippen LogP contribution in [0.25, 0.3) is 0 Å². The zero-order chi connectivity index (χ0) is 11.4. The highest BCUT2D eigenvalue weighted by atomic mass is 127. The Labute approximate surface area is 129 Å². The second-order valence-corrected chi connectivity index (χ2v) is 5.71. The number of benzene rings is 1. The fraction of sp³-hybridized carbons (Fsp3) is 0.273. The Morgan fingerprint density at radius 3 is 2.62 bits per heavy atom. The second-order valence-electron chi connectivity index (χ2n) is 3.30. The minimum Gasteiger partial charge on any atom is -0.506 e. The smallest absolute Gasteiger partial charge is 0.133 e. The minimum absolute atomic E-state index is 0. The van der Waals surface area contributed by atoms with Crippen molar-refractivity contribution in [3.05, 3.63) is 37.5 Å². The highest BCUT2D eigenvalue weighted by Gasteiger charge is 2.13. The summed E-state index contributed by atoms with van der Waals surface area (Å²) in [6.07, 6.45) is 3.52. The van der Waals surface area contributed by atoms with Crippen LogP contribution in [0.15, 0.2) is 24.8 Å². The van der Waals surface area contributed by atoms with Crippen molar-refractivity contribution in [2.45, 2.75) is 18.9 Å². The topological polar surface area (TPSA) is 46.2 Å². The first-order valence-electron chi connectivity index (χ1n) is 4.60. The van der Waals surface area contributed by atoms with Gasteiger partial charge in [0.15, 0.2) is 0 Å². The normalized spacial score (nSPS) is 11.7. The minimum atomic E-state index is -0.119. The van der Waals surface area contributed by atoms with Crippen LogP contribution in [0.5, 0.6) is 5.75 Å². The number of phenolic OH excluding ortho intramolecular Hbond substituents is 1. The SMILES string of the molecule is C=CCC[C@@H](N)c1cc(I)cc(I)c1O.Cl. The molecule has 0 unspecified atom stereocenters. The van der Waals surface area contributed by atoms with E-state index in [2.05, 4.69) is 51.8 Å². The van der Waals surface area contributed by atoms with Gasteiger partial charge in [-0.1, -0.05) is 6.08 Å². The average molecular weight is 466 g/mol. The fourth-order valence-electron chi connectivity index (χ4n) is 1.32. The highest BCUT2D eigenvalue weighted by molar-refractivity contribution is 14.1. The van der Waals surface area contributed by atoms with Gasteiger partial charge in [0.25, 0.3) is 0 Å². The van der Waals surface area contributed by atoms with E-state index >= 15 is 0 Å². The number of allylic oxidation sites excluding steroid dienone is 1. The Bertz CT molecular complexity index is 371. The van der Waals surface area contributed by atoms with Crippen LogP contribution in [0.4, 0.5) is 0 Å². The second kappa shape index (κ2) is 7.73. The van der Waals surface area contributed by atoms with Gasteiger partial charge >= 0.3 is 0 Å². The molecule has 1 atom stereocenters. The Kier molecular flexibility index (Phi) is 7.96. The van der Waals surface area contributed by atoms with E-state index in [4.69, 9.17) is 5.73 Å². The average Bonchev–Trinajstić information content (AvgIpc) is 2.19. The van der Waals surface area contributed by atoms with Crippen molar-refractivity contribution in [2.75, 3.05) is 0 Å². The predicted molar refractivity (Wildman–Crippen MR) is 87.1 cm³/mol. The van der Waals surface area contributed by atoms with Crippen LogP contribution in [0.3, 0.4) is 0 Å². The first-order valence-corrected chi connectivity index (χ1v) is 6.76. The molecule has 0 amide bonds. The van der Waals surface area contributed by atoms with Crippen LogP contribution in [0, 0.1) is 7.14 Å². The number of rotatable bonds is 4. The van der Waals surface area contributed by atoms with Gasteiger partial charge in [-0.15, -0.1) is 19.0 Å². The summed E-state index contributed by atoms with van der Waals surface area (Å²) in [5, 5.41) is 9.88. The zero-order valence-electron chi connectivity index (χ0n) is 8.62. The molecule has 1 aromatic carbocycles. The first kappa shape index (κ1) is 16.5. The van der Waals surface area contributed by atoms with Crippen LogP contribution in [-0.2, 0) is 0 Å². The maximum absolute atomic E-state index is 9.88. The number of hydrogen-bond acceptors (Lipinski definition) is 2. The summed E-state index contributed by atoms with van der Waals surface area (Å²) >= 11 is 4.34. The largest absolute Gasteiger partial charge is 0.506 e. The molecule has 0 bridgehead atoms. The van der Waals surface area contributed by atoms with E-state index in [9.17, 15) is 5.11 Å². The van der Waals surface area contributed by atoms with Gasteiger partial charge in [-0.3, -0.25) is 0 Å². The molecular formula is C11H14ClI2NO. The summed E-state index contributed by atoms with van der Waals surface area (Å²) in [5.74, 6) is 0.313. The molecule has 0 aliphatic heterocycles. The van der Waals surface area contributed by atoms with Crippen LogP contribution in [0.2, 0.25) is 0 Å². The van der Waals surface area contributed by atoms with Crippen molar-refractivity contribution in [1.82, 2.24) is 0 Å². The Morgan fingerprint density at radius 2 is 2.06 bits per heavy atom. The molecule has 0 saturated heterocycles. The fourth-order valence-corrected chi connectivity index (χ4v) is 3.21. The third kappa shape index (κ3) is 4.38. The number of aromatic hydroxyl groups is 1. The third-order valence-corrected chi connectivity index (χ3v) is 3.58. The lowest BCUT2D eigenvalue weighted by Gasteiger charge is -2.14. The molecule has 0 spiro atoms. The molecule has 0 heterocycles. The molecule has 0 radical (unpaired) electrons. The van der Waals surface area contributed by atoms with Gasteiger partial charge in [0, 0.05) is 15.2 Å². The summed E-state index contributed by atoms with van der Waals surface area (Å²) in [6, 6.07) is 3.75. The maximum atomic E-state index is 9.88. The molecule has 0 fully saturated rings.